The summed E-state index contributed by atoms with van der Waals surface area (Å²) in [6, 6.07) is 54.4. The van der Waals surface area contributed by atoms with Crippen LogP contribution in [0.1, 0.15) is 25.0 Å². The van der Waals surface area contributed by atoms with Crippen LogP contribution in [0.25, 0.3) is 82.9 Å². The van der Waals surface area contributed by atoms with Crippen molar-refractivity contribution < 1.29 is 0 Å². The molecule has 0 amide bonds. The lowest BCUT2D eigenvalue weighted by atomic mass is 9.68. The Morgan fingerprint density at radius 3 is 2.04 bits per heavy atom. The zero-order valence-corrected chi connectivity index (χ0v) is 26.8. The van der Waals surface area contributed by atoms with E-state index in [0.717, 1.165) is 28.2 Å². The van der Waals surface area contributed by atoms with E-state index in [-0.39, 0.29) is 5.41 Å². The molecule has 0 fully saturated rings. The van der Waals surface area contributed by atoms with Crippen molar-refractivity contribution in [2.75, 3.05) is 0 Å². The summed E-state index contributed by atoms with van der Waals surface area (Å²) in [4.78, 5) is 10.5. The van der Waals surface area contributed by atoms with Gasteiger partial charge in [0.25, 0.3) is 0 Å². The van der Waals surface area contributed by atoms with E-state index in [1.807, 2.05) is 12.1 Å². The molecule has 10 rings (SSSR count). The van der Waals surface area contributed by atoms with Crippen LogP contribution < -0.4 is 0 Å². The smallest absolute Gasteiger partial charge is 0.162 e. The molecule has 1 aliphatic rings. The van der Waals surface area contributed by atoms with Crippen molar-refractivity contribution >= 4 is 43.4 Å². The van der Waals surface area contributed by atoms with Gasteiger partial charge in [0.15, 0.2) is 5.82 Å². The Kier molecular flexibility index (Phi) is 5.63. The topological polar surface area (TPSA) is 30.7 Å². The molecule has 3 heteroatoms. The van der Waals surface area contributed by atoms with Crippen molar-refractivity contribution in [1.29, 1.82) is 0 Å². The second kappa shape index (κ2) is 9.97. The molecule has 2 heterocycles. The molecule has 0 bridgehead atoms. The van der Waals surface area contributed by atoms with Gasteiger partial charge in [-0.3, -0.25) is 4.57 Å². The second-order valence-corrected chi connectivity index (χ2v) is 13.4. The maximum atomic E-state index is 5.38. The van der Waals surface area contributed by atoms with Crippen LogP contribution in [0.15, 0.2) is 152 Å². The molecule has 0 saturated carbocycles. The Morgan fingerprint density at radius 2 is 1.21 bits per heavy atom. The van der Waals surface area contributed by atoms with Crippen LogP contribution in [0, 0.1) is 0 Å². The highest BCUT2D eigenvalue weighted by Gasteiger charge is 2.35. The van der Waals surface area contributed by atoms with Crippen molar-refractivity contribution in [3.05, 3.63) is 163 Å². The molecule has 2 aromatic heterocycles. The predicted molar refractivity (Wildman–Crippen MR) is 200 cm³/mol. The van der Waals surface area contributed by atoms with Gasteiger partial charge in [-0.2, -0.15) is 0 Å². The van der Waals surface area contributed by atoms with Crippen LogP contribution in [-0.4, -0.2) is 14.5 Å². The van der Waals surface area contributed by atoms with E-state index in [1.54, 1.807) is 0 Å². The van der Waals surface area contributed by atoms with Gasteiger partial charge in [0.2, 0.25) is 0 Å². The van der Waals surface area contributed by atoms with Gasteiger partial charge in [0.1, 0.15) is 5.82 Å². The van der Waals surface area contributed by atoms with E-state index in [9.17, 15) is 0 Å². The summed E-state index contributed by atoms with van der Waals surface area (Å²) >= 11 is 0. The second-order valence-electron chi connectivity index (χ2n) is 13.4. The number of nitrogens with zero attached hydrogens (tertiary/aromatic N) is 3. The Hall–Kier alpha value is -6.06. The minimum atomic E-state index is -0.143. The fourth-order valence-corrected chi connectivity index (χ4v) is 8.15. The molecule has 226 valence electrons. The largest absolute Gasteiger partial charge is 0.293 e. The minimum Gasteiger partial charge on any atom is -0.293 e. The van der Waals surface area contributed by atoms with Crippen LogP contribution in [0.4, 0.5) is 0 Å². The Balaban J connectivity index is 1.45. The Bertz CT molecular complexity index is 2680. The number of hydrogen-bond acceptors (Lipinski definition) is 2. The molecule has 0 saturated heterocycles. The molecular formula is C45H31N3. The molecule has 0 spiro atoms. The third kappa shape index (κ3) is 3.76. The molecule has 0 unspecified atom stereocenters. The number of aromatic nitrogens is 3. The van der Waals surface area contributed by atoms with Gasteiger partial charge < -0.3 is 0 Å². The molecule has 0 N–H and O–H groups in total. The molecule has 9 aromatic rings. The predicted octanol–water partition coefficient (Wildman–Crippen LogP) is 11.5. The third-order valence-corrected chi connectivity index (χ3v) is 10.4. The quantitative estimate of drug-likeness (QED) is 0.198. The van der Waals surface area contributed by atoms with Gasteiger partial charge in [-0.25, -0.2) is 9.97 Å². The van der Waals surface area contributed by atoms with Crippen LogP contribution in [0.3, 0.4) is 0 Å². The first-order valence-corrected chi connectivity index (χ1v) is 16.6. The van der Waals surface area contributed by atoms with Crippen LogP contribution in [0.5, 0.6) is 0 Å². The van der Waals surface area contributed by atoms with Gasteiger partial charge in [-0.05, 0) is 50.4 Å². The first-order valence-electron chi connectivity index (χ1n) is 16.6. The molecule has 48 heavy (non-hydrogen) atoms. The monoisotopic (exact) mass is 613 g/mol. The summed E-state index contributed by atoms with van der Waals surface area (Å²) in [6.45, 7) is 4.72. The lowest BCUT2D eigenvalue weighted by Gasteiger charge is -2.35. The fourth-order valence-electron chi connectivity index (χ4n) is 8.15. The summed E-state index contributed by atoms with van der Waals surface area (Å²) in [5, 5.41) is 7.54. The van der Waals surface area contributed by atoms with E-state index < -0.39 is 0 Å². The number of benzene rings is 7. The van der Waals surface area contributed by atoms with Gasteiger partial charge in [0, 0.05) is 38.9 Å². The summed E-state index contributed by atoms with van der Waals surface area (Å²) in [7, 11) is 0. The molecule has 3 nitrogen and oxygen atoms in total. The normalized spacial score (nSPS) is 13.4. The van der Waals surface area contributed by atoms with E-state index in [0.29, 0.717) is 5.82 Å². The number of hydrogen-bond donors (Lipinski definition) is 0. The fraction of sp³-hybridized carbons (Fsp3) is 0.0667. The zero-order chi connectivity index (χ0) is 32.0. The Labute approximate surface area is 278 Å². The summed E-state index contributed by atoms with van der Waals surface area (Å²) in [6.07, 6.45) is 0. The molecular weight excluding hydrogens is 583 g/mol. The highest BCUT2D eigenvalue weighted by Crippen LogP contribution is 2.53. The highest BCUT2D eigenvalue weighted by atomic mass is 15.1. The van der Waals surface area contributed by atoms with Crippen molar-refractivity contribution in [2.24, 2.45) is 0 Å². The molecule has 0 radical (unpaired) electrons. The van der Waals surface area contributed by atoms with Gasteiger partial charge in [-0.1, -0.05) is 147 Å². The maximum absolute atomic E-state index is 5.38. The standard InChI is InChI=1S/C45H31N3/c1-45(2)35-22-12-11-21-33(35)42-40-31(19-13-23-36(40)45)26-34-41-32-20-10-9-14-28(32)24-25-38(41)48(43(34)42)39-27-37(29-15-5-3-6-16-29)46-44(47-39)30-17-7-4-8-18-30/h3-27H,1-2H3. The Morgan fingerprint density at radius 1 is 0.521 bits per heavy atom. The lowest BCUT2D eigenvalue weighted by Crippen LogP contribution is -2.23. The zero-order valence-electron chi connectivity index (χ0n) is 26.8. The van der Waals surface area contributed by atoms with E-state index in [1.165, 1.54) is 60.1 Å². The van der Waals surface area contributed by atoms with Crippen molar-refractivity contribution in [1.82, 2.24) is 14.5 Å². The van der Waals surface area contributed by atoms with Crippen molar-refractivity contribution in [2.45, 2.75) is 19.3 Å². The van der Waals surface area contributed by atoms with Gasteiger partial charge in [-0.15, -0.1) is 0 Å². The van der Waals surface area contributed by atoms with E-state index in [4.69, 9.17) is 9.97 Å². The molecule has 0 aliphatic heterocycles. The average Bonchev–Trinajstić information content (AvgIpc) is 3.48. The minimum absolute atomic E-state index is 0.143. The van der Waals surface area contributed by atoms with Gasteiger partial charge in [0.05, 0.1) is 16.7 Å². The van der Waals surface area contributed by atoms with Crippen LogP contribution in [0.2, 0.25) is 0 Å². The van der Waals surface area contributed by atoms with Crippen molar-refractivity contribution in [3.8, 4) is 39.6 Å². The lowest BCUT2D eigenvalue weighted by molar-refractivity contribution is 0.645. The van der Waals surface area contributed by atoms with E-state index >= 15 is 0 Å². The molecule has 0 atom stereocenters. The summed E-state index contributed by atoms with van der Waals surface area (Å²) in [5.41, 5.74) is 10.4. The average molecular weight is 614 g/mol. The van der Waals surface area contributed by atoms with Gasteiger partial charge >= 0.3 is 0 Å². The highest BCUT2D eigenvalue weighted by molar-refractivity contribution is 6.28. The van der Waals surface area contributed by atoms with Crippen LogP contribution >= 0.6 is 0 Å². The number of fused-ring (bicyclic) bond motifs is 8. The summed E-state index contributed by atoms with van der Waals surface area (Å²) in [5.74, 6) is 1.56. The summed E-state index contributed by atoms with van der Waals surface area (Å²) < 4.78 is 2.42. The first-order chi connectivity index (χ1) is 23.6. The third-order valence-electron chi connectivity index (χ3n) is 10.4. The van der Waals surface area contributed by atoms with E-state index in [2.05, 4.69) is 158 Å². The number of rotatable bonds is 3. The maximum Gasteiger partial charge on any atom is 0.162 e. The SMILES string of the molecule is CC1(C)c2ccccc2-c2c3c1cccc3cc1c3c4ccccc4ccc3n(-c3cc(-c4ccccc4)nc(-c4ccccc4)n3)c21. The van der Waals surface area contributed by atoms with Crippen LogP contribution in [-0.2, 0) is 5.41 Å². The van der Waals surface area contributed by atoms with Crippen molar-refractivity contribution in [3.63, 3.8) is 0 Å². The first kappa shape index (κ1) is 27.1. The molecule has 7 aromatic carbocycles. The molecule has 1 aliphatic carbocycles.